The maximum absolute atomic E-state index is 12.5. The molecule has 0 heterocycles. The predicted octanol–water partition coefficient (Wildman–Crippen LogP) is 4.40. The first-order valence-electron chi connectivity index (χ1n) is 6.75. The van der Waals surface area contributed by atoms with Crippen molar-refractivity contribution in [1.82, 2.24) is 5.32 Å². The van der Waals surface area contributed by atoms with Crippen LogP contribution in [0.4, 0.5) is 0 Å². The summed E-state index contributed by atoms with van der Waals surface area (Å²) in [4.78, 5) is 12.5. The Hall–Kier alpha value is -0.610. The summed E-state index contributed by atoms with van der Waals surface area (Å²) in [5, 5.41) is 12.5. The monoisotopic (exact) mass is 446 g/mol. The molecule has 0 spiro atoms. The van der Waals surface area contributed by atoms with Crippen molar-refractivity contribution < 1.29 is 4.79 Å². The van der Waals surface area contributed by atoms with Gasteiger partial charge in [-0.1, -0.05) is 25.7 Å². The minimum atomic E-state index is -0.700. The average Bonchev–Trinajstić information content (AvgIpc) is 2.67. The highest BCUT2D eigenvalue weighted by atomic mass is 127. The van der Waals surface area contributed by atoms with Crippen molar-refractivity contribution in [2.45, 2.75) is 44.1 Å². The number of carbonyl (C=O) groups is 1. The van der Waals surface area contributed by atoms with Crippen LogP contribution in [0.2, 0.25) is 0 Å². The molecule has 0 bridgehead atoms. The fourth-order valence-corrected chi connectivity index (χ4v) is 3.47. The van der Waals surface area contributed by atoms with Gasteiger partial charge in [-0.25, -0.2) is 0 Å². The second-order valence-electron chi connectivity index (χ2n) is 5.19. The van der Waals surface area contributed by atoms with Crippen LogP contribution in [0.25, 0.3) is 0 Å². The molecule has 1 aromatic rings. The van der Waals surface area contributed by atoms with E-state index in [1.807, 2.05) is 18.2 Å². The lowest BCUT2D eigenvalue weighted by molar-refractivity contribution is 0.0912. The van der Waals surface area contributed by atoms with Crippen LogP contribution in [0.5, 0.6) is 0 Å². The largest absolute Gasteiger partial charge is 0.334 e. The van der Waals surface area contributed by atoms with Crippen molar-refractivity contribution in [2.24, 2.45) is 0 Å². The number of benzene rings is 1. The van der Waals surface area contributed by atoms with Gasteiger partial charge in [-0.2, -0.15) is 5.26 Å². The zero-order valence-electron chi connectivity index (χ0n) is 11.1. The van der Waals surface area contributed by atoms with Crippen molar-refractivity contribution in [3.05, 3.63) is 31.8 Å². The number of amides is 1. The molecule has 0 saturated heterocycles. The fraction of sp³-hybridized carbons (Fsp3) is 0.467. The van der Waals surface area contributed by atoms with E-state index in [2.05, 4.69) is 49.9 Å². The lowest BCUT2D eigenvalue weighted by atomic mass is 9.91. The van der Waals surface area contributed by atoms with Gasteiger partial charge in [-0.3, -0.25) is 4.79 Å². The molecule has 1 N–H and O–H groups in total. The molecule has 0 atom stereocenters. The molecule has 0 radical (unpaired) electrons. The minimum Gasteiger partial charge on any atom is -0.334 e. The Morgan fingerprint density at radius 3 is 2.55 bits per heavy atom. The number of rotatable bonds is 2. The number of carbonyl (C=O) groups excluding carboxylic acids is 1. The van der Waals surface area contributed by atoms with Crippen molar-refractivity contribution in [3.63, 3.8) is 0 Å². The Labute approximate surface area is 141 Å². The molecule has 1 amide bonds. The summed E-state index contributed by atoms with van der Waals surface area (Å²) >= 11 is 5.58. The third-order valence-electron chi connectivity index (χ3n) is 3.70. The van der Waals surface area contributed by atoms with Crippen LogP contribution >= 0.6 is 38.5 Å². The van der Waals surface area contributed by atoms with Crippen LogP contribution in [0.15, 0.2) is 22.7 Å². The Balaban J connectivity index is 2.21. The van der Waals surface area contributed by atoms with E-state index in [1.165, 1.54) is 0 Å². The standard InChI is InChI=1S/C15H16BrIN2O/c16-13-6-5-11(17)9-12(13)14(20)19-15(10-18)7-3-1-2-4-8-15/h5-6,9H,1-4,7-8H2,(H,19,20). The van der Waals surface area contributed by atoms with Gasteiger partial charge in [0.05, 0.1) is 11.6 Å². The fourth-order valence-electron chi connectivity index (χ4n) is 2.55. The van der Waals surface area contributed by atoms with Gasteiger partial charge in [0.15, 0.2) is 0 Å². The number of hydrogen-bond acceptors (Lipinski definition) is 2. The lowest BCUT2D eigenvalue weighted by Crippen LogP contribution is -2.47. The number of nitrogens with zero attached hydrogens (tertiary/aromatic N) is 1. The van der Waals surface area contributed by atoms with Gasteiger partial charge in [-0.05, 0) is 69.6 Å². The van der Waals surface area contributed by atoms with Crippen molar-refractivity contribution >= 4 is 44.4 Å². The van der Waals surface area contributed by atoms with Crippen LogP contribution < -0.4 is 5.32 Å². The molecule has 0 aromatic heterocycles. The normalized spacial score (nSPS) is 17.9. The molecule has 1 aliphatic carbocycles. The molecule has 1 aliphatic rings. The Morgan fingerprint density at radius 1 is 1.30 bits per heavy atom. The minimum absolute atomic E-state index is 0.168. The molecule has 1 saturated carbocycles. The van der Waals surface area contributed by atoms with E-state index in [9.17, 15) is 10.1 Å². The topological polar surface area (TPSA) is 52.9 Å². The maximum atomic E-state index is 12.5. The smallest absolute Gasteiger partial charge is 0.253 e. The molecule has 1 fully saturated rings. The molecule has 20 heavy (non-hydrogen) atoms. The van der Waals surface area contributed by atoms with Crippen LogP contribution in [0.1, 0.15) is 48.9 Å². The first-order valence-corrected chi connectivity index (χ1v) is 8.62. The average molecular weight is 447 g/mol. The highest BCUT2D eigenvalue weighted by Crippen LogP contribution is 2.28. The Bertz CT molecular complexity index is 545. The van der Waals surface area contributed by atoms with Gasteiger partial charge >= 0.3 is 0 Å². The van der Waals surface area contributed by atoms with Crippen LogP contribution in [0, 0.1) is 14.9 Å². The second-order valence-corrected chi connectivity index (χ2v) is 7.29. The first kappa shape index (κ1) is 15.8. The van der Waals surface area contributed by atoms with Gasteiger partial charge in [0, 0.05) is 8.04 Å². The zero-order chi connectivity index (χ0) is 14.6. The van der Waals surface area contributed by atoms with E-state index >= 15 is 0 Å². The van der Waals surface area contributed by atoms with Crippen LogP contribution in [-0.4, -0.2) is 11.4 Å². The predicted molar refractivity (Wildman–Crippen MR) is 90.4 cm³/mol. The molecule has 5 heteroatoms. The van der Waals surface area contributed by atoms with Gasteiger partial charge in [-0.15, -0.1) is 0 Å². The quantitative estimate of drug-likeness (QED) is 0.540. The summed E-state index contributed by atoms with van der Waals surface area (Å²) in [6.45, 7) is 0. The van der Waals surface area contributed by atoms with Gasteiger partial charge in [0.25, 0.3) is 5.91 Å². The zero-order valence-corrected chi connectivity index (χ0v) is 14.8. The van der Waals surface area contributed by atoms with E-state index in [-0.39, 0.29) is 5.91 Å². The molecule has 2 rings (SSSR count). The summed E-state index contributed by atoms with van der Waals surface area (Å²) in [5.74, 6) is -0.168. The van der Waals surface area contributed by atoms with E-state index < -0.39 is 5.54 Å². The summed E-state index contributed by atoms with van der Waals surface area (Å²) in [6.07, 6.45) is 5.79. The van der Waals surface area contributed by atoms with Gasteiger partial charge in [0.1, 0.15) is 5.54 Å². The highest BCUT2D eigenvalue weighted by Gasteiger charge is 2.33. The maximum Gasteiger partial charge on any atom is 0.253 e. The number of nitriles is 1. The molecule has 0 unspecified atom stereocenters. The van der Waals surface area contributed by atoms with E-state index in [1.54, 1.807) is 0 Å². The third-order valence-corrected chi connectivity index (χ3v) is 5.06. The molecule has 0 aliphatic heterocycles. The highest BCUT2D eigenvalue weighted by molar-refractivity contribution is 14.1. The van der Waals surface area contributed by atoms with Gasteiger partial charge in [0.2, 0.25) is 0 Å². The summed E-state index contributed by atoms with van der Waals surface area (Å²) in [6, 6.07) is 7.98. The van der Waals surface area contributed by atoms with Crippen molar-refractivity contribution in [1.29, 1.82) is 5.26 Å². The van der Waals surface area contributed by atoms with Crippen LogP contribution in [-0.2, 0) is 0 Å². The lowest BCUT2D eigenvalue weighted by Gasteiger charge is -2.26. The molecule has 1 aromatic carbocycles. The molecule has 3 nitrogen and oxygen atoms in total. The molecular weight excluding hydrogens is 431 g/mol. The third kappa shape index (κ3) is 3.73. The van der Waals surface area contributed by atoms with Crippen LogP contribution in [0.3, 0.4) is 0 Å². The number of halogens is 2. The second kappa shape index (κ2) is 6.90. The Kier molecular flexibility index (Phi) is 5.44. The Morgan fingerprint density at radius 2 is 1.95 bits per heavy atom. The van der Waals surface area contributed by atoms with E-state index in [0.717, 1.165) is 46.6 Å². The molecular formula is C15H16BrIN2O. The summed E-state index contributed by atoms with van der Waals surface area (Å²) in [5.41, 5.74) is -0.107. The summed E-state index contributed by atoms with van der Waals surface area (Å²) in [7, 11) is 0. The molecule has 106 valence electrons. The van der Waals surface area contributed by atoms with E-state index in [4.69, 9.17) is 0 Å². The van der Waals surface area contributed by atoms with Gasteiger partial charge < -0.3 is 5.32 Å². The van der Waals surface area contributed by atoms with E-state index in [0.29, 0.717) is 5.56 Å². The van der Waals surface area contributed by atoms with Crippen molar-refractivity contribution in [3.8, 4) is 6.07 Å². The van der Waals surface area contributed by atoms with Crippen molar-refractivity contribution in [2.75, 3.05) is 0 Å². The first-order chi connectivity index (χ1) is 9.56. The SMILES string of the molecule is N#CC1(NC(=O)c2cc(I)ccc2Br)CCCCCC1. The number of hydrogen-bond donors (Lipinski definition) is 1. The number of nitrogens with one attached hydrogen (secondary N) is 1. The summed E-state index contributed by atoms with van der Waals surface area (Å²) < 4.78 is 1.76.